The van der Waals surface area contributed by atoms with Crippen molar-refractivity contribution in [3.8, 4) is 0 Å². The molecule has 0 aliphatic carbocycles. The van der Waals surface area contributed by atoms with E-state index in [2.05, 4.69) is 5.32 Å². The van der Waals surface area contributed by atoms with Gasteiger partial charge in [0.15, 0.2) is 0 Å². The van der Waals surface area contributed by atoms with Crippen molar-refractivity contribution >= 4 is 28.4 Å². The Balaban J connectivity index is 2.72. The van der Waals surface area contributed by atoms with Gasteiger partial charge in [-0.15, -0.1) is 11.3 Å². The molecule has 0 unspecified atom stereocenters. The third kappa shape index (κ3) is 4.90. The van der Waals surface area contributed by atoms with E-state index in [4.69, 9.17) is 9.47 Å². The molecule has 1 heterocycles. The molecule has 0 radical (unpaired) electrons. The highest BCUT2D eigenvalue weighted by molar-refractivity contribution is 7.16. The molecule has 1 aromatic rings. The van der Waals surface area contributed by atoms with Crippen LogP contribution in [0.25, 0.3) is 0 Å². The topological polar surface area (TPSA) is 64.6 Å². The summed E-state index contributed by atoms with van der Waals surface area (Å²) in [5, 5.41) is 3.05. The average Bonchev–Trinajstić information content (AvgIpc) is 2.68. The van der Waals surface area contributed by atoms with Gasteiger partial charge in [0.05, 0.1) is 18.8 Å². The van der Waals surface area contributed by atoms with E-state index in [1.807, 2.05) is 20.8 Å². The molecular formula is C13H19NO4S. The van der Waals surface area contributed by atoms with Gasteiger partial charge in [0.1, 0.15) is 5.00 Å². The van der Waals surface area contributed by atoms with E-state index in [0.717, 1.165) is 4.88 Å². The van der Waals surface area contributed by atoms with Gasteiger partial charge in [-0.2, -0.15) is 0 Å². The minimum absolute atomic E-state index is 0.264. The largest absolute Gasteiger partial charge is 0.462 e. The molecule has 0 aliphatic heterocycles. The van der Waals surface area contributed by atoms with Crippen LogP contribution in [0.2, 0.25) is 0 Å². The first-order valence-corrected chi connectivity index (χ1v) is 6.97. The summed E-state index contributed by atoms with van der Waals surface area (Å²) in [5.41, 5.74) is 0.367. The van der Waals surface area contributed by atoms with Crippen LogP contribution in [-0.4, -0.2) is 25.3 Å². The molecule has 0 fully saturated rings. The highest BCUT2D eigenvalue weighted by Gasteiger charge is 2.18. The number of ether oxygens (including phenoxy) is 2. The summed E-state index contributed by atoms with van der Waals surface area (Å²) < 4.78 is 9.95. The van der Waals surface area contributed by atoms with Crippen LogP contribution in [0.3, 0.4) is 0 Å². The van der Waals surface area contributed by atoms with Crippen LogP contribution in [0.15, 0.2) is 6.07 Å². The zero-order chi connectivity index (χ0) is 14.4. The minimum atomic E-state index is -0.555. The summed E-state index contributed by atoms with van der Waals surface area (Å²) in [6.07, 6.45) is -0.555. The summed E-state index contributed by atoms with van der Waals surface area (Å²) in [7, 11) is 0. The minimum Gasteiger partial charge on any atom is -0.462 e. The van der Waals surface area contributed by atoms with Crippen LogP contribution in [0, 0.1) is 12.8 Å². The normalized spacial score (nSPS) is 10.4. The van der Waals surface area contributed by atoms with E-state index in [1.165, 1.54) is 11.3 Å². The van der Waals surface area contributed by atoms with Gasteiger partial charge in [0, 0.05) is 4.88 Å². The molecule has 0 bridgehead atoms. The second-order valence-electron chi connectivity index (χ2n) is 4.44. The van der Waals surface area contributed by atoms with Crippen molar-refractivity contribution in [3.05, 3.63) is 16.5 Å². The lowest BCUT2D eigenvalue weighted by Crippen LogP contribution is -2.17. The Bertz CT molecular complexity index is 453. The van der Waals surface area contributed by atoms with Crippen molar-refractivity contribution in [1.29, 1.82) is 0 Å². The first-order valence-electron chi connectivity index (χ1n) is 6.15. The molecule has 0 saturated carbocycles. The summed E-state index contributed by atoms with van der Waals surface area (Å²) in [6, 6.07) is 1.70. The number of carbonyl (C=O) groups is 2. The number of hydrogen-bond donors (Lipinski definition) is 1. The smallest absolute Gasteiger partial charge is 0.412 e. The predicted octanol–water partition coefficient (Wildman–Crippen LogP) is 3.44. The van der Waals surface area contributed by atoms with E-state index in [1.54, 1.807) is 13.0 Å². The molecule has 0 atom stereocenters. The van der Waals surface area contributed by atoms with Gasteiger partial charge in [-0.1, -0.05) is 13.8 Å². The standard InChI is InChI=1S/C13H19NO4S/c1-5-17-12(15)10-6-9(4)19-11(10)14-13(16)18-7-8(2)3/h6,8H,5,7H2,1-4H3,(H,14,16). The first-order chi connectivity index (χ1) is 8.93. The number of esters is 1. The maximum absolute atomic E-state index is 11.7. The lowest BCUT2D eigenvalue weighted by atomic mass is 10.2. The highest BCUT2D eigenvalue weighted by atomic mass is 32.1. The van der Waals surface area contributed by atoms with Crippen molar-refractivity contribution in [2.75, 3.05) is 18.5 Å². The van der Waals surface area contributed by atoms with Crippen LogP contribution < -0.4 is 5.32 Å². The SMILES string of the molecule is CCOC(=O)c1cc(C)sc1NC(=O)OCC(C)C. The summed E-state index contributed by atoms with van der Waals surface area (Å²) in [4.78, 5) is 24.2. The lowest BCUT2D eigenvalue weighted by molar-refractivity contribution is 0.0528. The number of amides is 1. The fourth-order valence-electron chi connectivity index (χ4n) is 1.34. The molecule has 5 nitrogen and oxygen atoms in total. The highest BCUT2D eigenvalue weighted by Crippen LogP contribution is 2.28. The Hall–Kier alpha value is -1.56. The Morgan fingerprint density at radius 2 is 2.05 bits per heavy atom. The molecule has 1 rings (SSSR count). The Labute approximate surface area is 116 Å². The molecule has 19 heavy (non-hydrogen) atoms. The average molecular weight is 285 g/mol. The van der Waals surface area contributed by atoms with Gasteiger partial charge in [0.2, 0.25) is 0 Å². The van der Waals surface area contributed by atoms with Crippen molar-refractivity contribution < 1.29 is 19.1 Å². The van der Waals surface area contributed by atoms with E-state index in [0.29, 0.717) is 23.8 Å². The summed E-state index contributed by atoms with van der Waals surface area (Å²) in [6.45, 7) is 8.13. The van der Waals surface area contributed by atoms with Crippen molar-refractivity contribution in [3.63, 3.8) is 0 Å². The zero-order valence-electron chi connectivity index (χ0n) is 11.6. The van der Waals surface area contributed by atoms with Gasteiger partial charge >= 0.3 is 12.1 Å². The monoisotopic (exact) mass is 285 g/mol. The molecule has 0 saturated heterocycles. The molecule has 1 aromatic heterocycles. The third-order valence-electron chi connectivity index (χ3n) is 2.11. The van der Waals surface area contributed by atoms with Gasteiger partial charge in [-0.3, -0.25) is 5.32 Å². The predicted molar refractivity (Wildman–Crippen MR) is 74.8 cm³/mol. The number of thiophene rings is 1. The number of hydrogen-bond acceptors (Lipinski definition) is 5. The Kier molecular flexibility index (Phi) is 5.82. The molecule has 0 aliphatic rings. The summed E-state index contributed by atoms with van der Waals surface area (Å²) in [5.74, 6) is -0.175. The van der Waals surface area contributed by atoms with Crippen molar-refractivity contribution in [2.24, 2.45) is 5.92 Å². The number of nitrogens with one attached hydrogen (secondary N) is 1. The van der Waals surface area contributed by atoms with Crippen LogP contribution in [0.4, 0.5) is 9.80 Å². The van der Waals surface area contributed by atoms with Crippen LogP contribution >= 0.6 is 11.3 Å². The first kappa shape index (κ1) is 15.5. The molecule has 106 valence electrons. The second-order valence-corrected chi connectivity index (χ2v) is 5.69. The number of carbonyl (C=O) groups excluding carboxylic acids is 2. The number of anilines is 1. The molecule has 1 N–H and O–H groups in total. The van der Waals surface area contributed by atoms with Gasteiger partial charge in [0.25, 0.3) is 0 Å². The maximum Gasteiger partial charge on any atom is 0.412 e. The van der Waals surface area contributed by atoms with E-state index in [-0.39, 0.29) is 5.92 Å². The number of aryl methyl sites for hydroxylation is 1. The zero-order valence-corrected chi connectivity index (χ0v) is 12.4. The van der Waals surface area contributed by atoms with Crippen LogP contribution in [0.5, 0.6) is 0 Å². The molecule has 0 aromatic carbocycles. The fourth-order valence-corrected chi connectivity index (χ4v) is 2.22. The molecule has 0 spiro atoms. The Morgan fingerprint density at radius 1 is 1.37 bits per heavy atom. The van der Waals surface area contributed by atoms with Gasteiger partial charge in [-0.25, -0.2) is 9.59 Å². The fraction of sp³-hybridized carbons (Fsp3) is 0.538. The quantitative estimate of drug-likeness (QED) is 0.842. The van der Waals surface area contributed by atoms with Gasteiger partial charge in [-0.05, 0) is 25.8 Å². The maximum atomic E-state index is 11.7. The number of rotatable bonds is 5. The second kappa shape index (κ2) is 7.13. The van der Waals surface area contributed by atoms with Crippen molar-refractivity contribution in [2.45, 2.75) is 27.7 Å². The molecular weight excluding hydrogens is 266 g/mol. The van der Waals surface area contributed by atoms with Crippen molar-refractivity contribution in [1.82, 2.24) is 0 Å². The lowest BCUT2D eigenvalue weighted by Gasteiger charge is -2.08. The third-order valence-corrected chi connectivity index (χ3v) is 3.08. The molecule has 6 heteroatoms. The van der Waals surface area contributed by atoms with Gasteiger partial charge < -0.3 is 9.47 Å². The molecule has 1 amide bonds. The van der Waals surface area contributed by atoms with E-state index >= 15 is 0 Å². The van der Waals surface area contributed by atoms with Crippen LogP contribution in [0.1, 0.15) is 36.0 Å². The summed E-state index contributed by atoms with van der Waals surface area (Å²) >= 11 is 1.32. The van der Waals surface area contributed by atoms with E-state index in [9.17, 15) is 9.59 Å². The van der Waals surface area contributed by atoms with Crippen LogP contribution in [-0.2, 0) is 9.47 Å². The Morgan fingerprint density at radius 3 is 2.63 bits per heavy atom. The van der Waals surface area contributed by atoms with E-state index < -0.39 is 12.1 Å².